The summed E-state index contributed by atoms with van der Waals surface area (Å²) in [5, 5.41) is 18.7. The molecule has 0 spiro atoms. The van der Waals surface area contributed by atoms with Gasteiger partial charge in [-0.3, -0.25) is 38.6 Å². The average Bonchev–Trinajstić information content (AvgIpc) is 3.81. The van der Waals surface area contributed by atoms with Crippen molar-refractivity contribution in [1.29, 1.82) is 0 Å². The normalized spacial score (nSPS) is 22.4. The van der Waals surface area contributed by atoms with E-state index >= 15 is 0 Å². The molecule has 2 aliphatic carbocycles. The summed E-state index contributed by atoms with van der Waals surface area (Å²) in [5.74, 6) is -1.52. The van der Waals surface area contributed by atoms with Crippen LogP contribution in [0.3, 0.4) is 0 Å². The number of amides is 6. The van der Waals surface area contributed by atoms with E-state index < -0.39 is 47.1 Å². The number of piperazine rings is 2. The Kier molecular flexibility index (Phi) is 18.3. The van der Waals surface area contributed by atoms with Crippen LogP contribution in [0.1, 0.15) is 125 Å². The van der Waals surface area contributed by atoms with Crippen LogP contribution >= 0.6 is 11.3 Å². The van der Waals surface area contributed by atoms with Gasteiger partial charge in [-0.15, -0.1) is 11.3 Å². The molecule has 6 amide bonds. The average molecular weight is 1020 g/mol. The zero-order valence-electron chi connectivity index (χ0n) is 44.9. The smallest absolute Gasteiger partial charge is 0.246 e. The number of benzene rings is 2. The molecule has 2 aliphatic heterocycles. The second kappa shape index (κ2) is 24.0. The molecule has 2 saturated heterocycles. The molecule has 8 atom stereocenters. The zero-order valence-corrected chi connectivity index (χ0v) is 45.8. The van der Waals surface area contributed by atoms with Gasteiger partial charge >= 0.3 is 0 Å². The van der Waals surface area contributed by atoms with Crippen molar-refractivity contribution in [2.75, 3.05) is 53.4 Å². The van der Waals surface area contributed by atoms with Gasteiger partial charge in [-0.25, -0.2) is 0 Å². The monoisotopic (exact) mass is 1020 g/mol. The number of carbonyl (C=O) groups excluding carboxylic acids is 6. The van der Waals surface area contributed by atoms with E-state index in [4.69, 9.17) is 0 Å². The van der Waals surface area contributed by atoms with E-state index in [9.17, 15) is 28.8 Å². The summed E-state index contributed by atoms with van der Waals surface area (Å²) < 4.78 is 0. The molecular formula is C56H82N10O6S. The highest BCUT2D eigenvalue weighted by molar-refractivity contribution is 7.11. The van der Waals surface area contributed by atoms with Crippen molar-refractivity contribution in [3.8, 4) is 0 Å². The molecule has 2 fully saturated rings. The number of rotatable bonds is 16. The fourth-order valence-corrected chi connectivity index (χ4v) is 11.8. The maximum atomic E-state index is 14.7. The molecule has 0 saturated carbocycles. The zero-order chi connectivity index (χ0) is 52.8. The number of nitrogens with one attached hydrogen (secondary N) is 6. The molecule has 17 heteroatoms. The molecule has 16 nitrogen and oxygen atoms in total. The lowest BCUT2D eigenvalue weighted by molar-refractivity contribution is -0.149. The predicted molar refractivity (Wildman–Crippen MR) is 286 cm³/mol. The minimum absolute atomic E-state index is 0.165. The SMILES string of the molecule is CN[C@@H](C)C(=O)N[C@H](C(=O)N1CCN(Cc2ccc(CN3CCN(C(=O)[C@@H](NC(=O)[C@H](C)NC)C(C)(C)C)[C@H](C(=O)N[C@@H]4CCCc5ccccc54)C3)s2)C[C@H]1C(=O)N[C@@H]1CCCc2ccccc21)C(C)(C)C. The highest BCUT2D eigenvalue weighted by Crippen LogP contribution is 2.33. The minimum Gasteiger partial charge on any atom is -0.347 e. The first kappa shape index (κ1) is 55.5. The summed E-state index contributed by atoms with van der Waals surface area (Å²) in [6.45, 7) is 18.6. The van der Waals surface area contributed by atoms with E-state index in [0.717, 1.165) is 59.4 Å². The summed E-state index contributed by atoms with van der Waals surface area (Å²) in [4.78, 5) is 95.2. The van der Waals surface area contributed by atoms with Gasteiger partial charge in [0, 0.05) is 62.1 Å². The van der Waals surface area contributed by atoms with Crippen molar-refractivity contribution in [2.24, 2.45) is 10.8 Å². The van der Waals surface area contributed by atoms with Gasteiger partial charge < -0.3 is 41.7 Å². The van der Waals surface area contributed by atoms with Crippen molar-refractivity contribution in [3.63, 3.8) is 0 Å². The predicted octanol–water partition coefficient (Wildman–Crippen LogP) is 4.44. The molecule has 73 heavy (non-hydrogen) atoms. The summed E-state index contributed by atoms with van der Waals surface area (Å²) in [6, 6.07) is 16.1. The minimum atomic E-state index is -0.851. The highest BCUT2D eigenvalue weighted by atomic mass is 32.1. The van der Waals surface area contributed by atoms with E-state index in [1.165, 1.54) is 11.1 Å². The first-order valence-corrected chi connectivity index (χ1v) is 27.3. The number of aryl methyl sites for hydroxylation is 2. The summed E-state index contributed by atoms with van der Waals surface area (Å²) in [7, 11) is 3.41. The summed E-state index contributed by atoms with van der Waals surface area (Å²) in [5.41, 5.74) is 3.45. The fraction of sp³-hybridized carbons (Fsp3) is 0.607. The van der Waals surface area contributed by atoms with Crippen LogP contribution in [0.15, 0.2) is 60.7 Å². The van der Waals surface area contributed by atoms with Gasteiger partial charge in [0.25, 0.3) is 0 Å². The Bertz CT molecular complexity index is 2280. The Labute approximate surface area is 437 Å². The number of nitrogens with zero attached hydrogens (tertiary/aromatic N) is 4. The third-order valence-corrected chi connectivity index (χ3v) is 16.5. The Morgan fingerprint density at radius 3 is 1.33 bits per heavy atom. The standard InChI is InChI=1S/C56H82N10O6S/c1-35(57-9)49(67)61-47(55(3,4)5)53(71)65-29-27-63(33-45(65)51(69)59-43-23-15-19-37-17-11-13-21-41(37)43)31-39-25-26-40(73-39)32-64-28-30-66(54(72)48(56(6,7)8)62-50(68)36(2)58-10)46(34-64)52(70)60-44-24-16-20-38-18-12-14-22-42(38)44/h11-14,17-18,21-22,25-26,35-36,43-48,57-58H,15-16,19-20,23-24,27-34H2,1-10H3,(H,59,69)(H,60,70)(H,61,67)(H,62,68)/t35-,36-,43+,44+,45-,46-,47+,48+/m0/s1. The number of hydrogen-bond acceptors (Lipinski definition) is 11. The molecule has 1 aromatic heterocycles. The van der Waals surface area contributed by atoms with E-state index in [1.54, 1.807) is 49.1 Å². The molecule has 0 unspecified atom stereocenters. The van der Waals surface area contributed by atoms with Crippen LogP contribution in [0.4, 0.5) is 0 Å². The van der Waals surface area contributed by atoms with Crippen LogP contribution in [-0.2, 0) is 54.7 Å². The highest BCUT2D eigenvalue weighted by Gasteiger charge is 2.45. The van der Waals surface area contributed by atoms with Gasteiger partial charge in [-0.2, -0.15) is 0 Å². The lowest BCUT2D eigenvalue weighted by Crippen LogP contribution is -2.65. The Hall–Kier alpha value is -5.20. The molecule has 7 rings (SSSR count). The van der Waals surface area contributed by atoms with Crippen LogP contribution in [-0.4, -0.2) is 145 Å². The van der Waals surface area contributed by atoms with Crippen LogP contribution in [0.5, 0.6) is 0 Å². The second-order valence-corrected chi connectivity index (χ2v) is 24.1. The lowest BCUT2D eigenvalue weighted by atomic mass is 9.85. The molecule has 2 aromatic carbocycles. The molecule has 398 valence electrons. The first-order valence-electron chi connectivity index (χ1n) is 26.5. The number of carbonyl (C=O) groups is 6. The van der Waals surface area contributed by atoms with Crippen molar-refractivity contribution >= 4 is 46.8 Å². The van der Waals surface area contributed by atoms with E-state index in [0.29, 0.717) is 52.4 Å². The van der Waals surface area contributed by atoms with Crippen LogP contribution in [0.2, 0.25) is 0 Å². The Balaban J connectivity index is 1.08. The third kappa shape index (κ3) is 13.6. The number of likely N-dealkylation sites (N-methyl/N-ethyl adjacent to an activating group) is 2. The summed E-state index contributed by atoms with van der Waals surface area (Å²) >= 11 is 1.68. The van der Waals surface area contributed by atoms with Gasteiger partial charge in [0.2, 0.25) is 35.4 Å². The van der Waals surface area contributed by atoms with Gasteiger partial charge in [0.05, 0.1) is 24.2 Å². The third-order valence-electron chi connectivity index (χ3n) is 15.4. The van der Waals surface area contributed by atoms with E-state index in [2.05, 4.69) is 78.1 Å². The molecule has 0 bridgehead atoms. The number of thiophene rings is 1. The van der Waals surface area contributed by atoms with Crippen molar-refractivity contribution < 1.29 is 28.8 Å². The van der Waals surface area contributed by atoms with E-state index in [-0.39, 0.29) is 47.5 Å². The topological polar surface area (TPSA) is 188 Å². The van der Waals surface area contributed by atoms with Gasteiger partial charge in [-0.1, -0.05) is 90.1 Å². The molecule has 3 heterocycles. The fourth-order valence-electron chi connectivity index (χ4n) is 10.7. The lowest BCUT2D eigenvalue weighted by Gasteiger charge is -2.44. The Morgan fingerprint density at radius 2 is 0.959 bits per heavy atom. The molecule has 0 radical (unpaired) electrons. The maximum Gasteiger partial charge on any atom is 0.246 e. The van der Waals surface area contributed by atoms with Crippen molar-refractivity contribution in [1.82, 2.24) is 51.5 Å². The maximum absolute atomic E-state index is 14.7. The summed E-state index contributed by atoms with van der Waals surface area (Å²) in [6.07, 6.45) is 5.45. The molecule has 4 aliphatic rings. The van der Waals surface area contributed by atoms with Crippen LogP contribution < -0.4 is 31.9 Å². The number of hydrogen-bond donors (Lipinski definition) is 6. The second-order valence-electron chi connectivity index (χ2n) is 22.9. The van der Waals surface area contributed by atoms with Gasteiger partial charge in [0.1, 0.15) is 24.2 Å². The molecule has 3 aromatic rings. The Morgan fingerprint density at radius 1 is 0.575 bits per heavy atom. The van der Waals surface area contributed by atoms with Gasteiger partial charge in [0.15, 0.2) is 0 Å². The molecular weight excluding hydrogens is 941 g/mol. The van der Waals surface area contributed by atoms with Crippen molar-refractivity contribution in [2.45, 2.75) is 155 Å². The van der Waals surface area contributed by atoms with Crippen LogP contribution in [0, 0.1) is 10.8 Å². The van der Waals surface area contributed by atoms with Crippen molar-refractivity contribution in [3.05, 3.63) is 92.7 Å². The largest absolute Gasteiger partial charge is 0.347 e. The number of fused-ring (bicyclic) bond motifs is 2. The van der Waals surface area contributed by atoms with Gasteiger partial charge in [-0.05, 0) is 112 Å². The van der Waals surface area contributed by atoms with Crippen LogP contribution in [0.25, 0.3) is 0 Å². The first-order chi connectivity index (χ1) is 34.7. The quantitative estimate of drug-likeness (QED) is 0.120. The molecule has 6 N–H and O–H groups in total. The van der Waals surface area contributed by atoms with E-state index in [1.807, 2.05) is 65.8 Å².